The monoisotopic (exact) mass is 327 g/mol. The van der Waals surface area contributed by atoms with Crippen LogP contribution in [0.3, 0.4) is 0 Å². The van der Waals surface area contributed by atoms with Crippen LogP contribution in [0.4, 0.5) is 10.9 Å². The highest BCUT2D eigenvalue weighted by Crippen LogP contribution is 2.24. The van der Waals surface area contributed by atoms with Gasteiger partial charge in [-0.1, -0.05) is 11.3 Å². The van der Waals surface area contributed by atoms with Gasteiger partial charge >= 0.3 is 0 Å². The van der Waals surface area contributed by atoms with E-state index in [0.29, 0.717) is 5.65 Å². The summed E-state index contributed by atoms with van der Waals surface area (Å²) in [6.45, 7) is 7.61. The lowest BCUT2D eigenvalue weighted by molar-refractivity contribution is 0.641. The summed E-state index contributed by atoms with van der Waals surface area (Å²) >= 11 is 1.64. The largest absolute Gasteiger partial charge is 0.351 e. The molecule has 0 radical (unpaired) electrons. The highest BCUT2D eigenvalue weighted by molar-refractivity contribution is 7.15. The van der Waals surface area contributed by atoms with Crippen LogP contribution in [0.2, 0.25) is 0 Å². The van der Waals surface area contributed by atoms with Crippen molar-refractivity contribution in [2.45, 2.75) is 13.8 Å². The highest BCUT2D eigenvalue weighted by atomic mass is 32.1. The van der Waals surface area contributed by atoms with E-state index in [1.165, 1.54) is 0 Å². The predicted octanol–water partition coefficient (Wildman–Crippen LogP) is 1.82. The van der Waals surface area contributed by atoms with E-state index >= 15 is 0 Å². The van der Waals surface area contributed by atoms with Crippen molar-refractivity contribution >= 4 is 33.5 Å². The summed E-state index contributed by atoms with van der Waals surface area (Å²) in [5.41, 5.74) is 2.50. The van der Waals surface area contributed by atoms with E-state index in [0.717, 1.165) is 53.3 Å². The fourth-order valence-electron chi connectivity index (χ4n) is 2.80. The average molecular weight is 327 g/mol. The molecule has 0 unspecified atom stereocenters. The van der Waals surface area contributed by atoms with Crippen LogP contribution in [-0.2, 0) is 0 Å². The minimum Gasteiger partial charge on any atom is -0.351 e. The van der Waals surface area contributed by atoms with Gasteiger partial charge in [0.2, 0.25) is 5.13 Å². The topological polar surface area (TPSA) is 70.9 Å². The fraction of sp³-hybridized carbons (Fsp3) is 0.400. The molecule has 0 bridgehead atoms. The Morgan fingerprint density at radius 1 is 1.00 bits per heavy atom. The molecular formula is C15H17N7S. The summed E-state index contributed by atoms with van der Waals surface area (Å²) in [7, 11) is 0. The van der Waals surface area contributed by atoms with Crippen LogP contribution in [0, 0.1) is 13.8 Å². The summed E-state index contributed by atoms with van der Waals surface area (Å²) < 4.78 is 0. The Balaban J connectivity index is 1.55. The number of aryl methyl sites for hydroxylation is 2. The minimum atomic E-state index is 0.704. The van der Waals surface area contributed by atoms with Crippen LogP contribution in [-0.4, -0.2) is 51.3 Å². The van der Waals surface area contributed by atoms with E-state index in [-0.39, 0.29) is 0 Å². The van der Waals surface area contributed by atoms with E-state index in [4.69, 9.17) is 4.98 Å². The maximum Gasteiger partial charge on any atom is 0.208 e. The first-order chi connectivity index (χ1) is 11.2. The zero-order valence-electron chi connectivity index (χ0n) is 13.1. The van der Waals surface area contributed by atoms with Gasteiger partial charge in [-0.15, -0.1) is 10.2 Å². The molecule has 0 saturated carbocycles. The molecule has 0 spiro atoms. The van der Waals surface area contributed by atoms with Gasteiger partial charge in [0, 0.05) is 32.4 Å². The normalized spacial score (nSPS) is 15.4. The Morgan fingerprint density at radius 3 is 2.52 bits per heavy atom. The first kappa shape index (κ1) is 14.3. The lowest BCUT2D eigenvalue weighted by Gasteiger charge is -2.35. The summed E-state index contributed by atoms with van der Waals surface area (Å²) in [6, 6.07) is 3.83. The molecule has 8 heteroatoms. The zero-order chi connectivity index (χ0) is 15.8. The molecule has 0 aromatic carbocycles. The quantitative estimate of drug-likeness (QED) is 0.711. The third-order valence-electron chi connectivity index (χ3n) is 3.95. The first-order valence-corrected chi connectivity index (χ1v) is 8.42. The summed E-state index contributed by atoms with van der Waals surface area (Å²) in [4.78, 5) is 18.2. The Bertz CT molecular complexity index is 839. The maximum absolute atomic E-state index is 4.71. The molecule has 0 N–H and O–H groups in total. The lowest BCUT2D eigenvalue weighted by atomic mass is 10.3. The van der Waals surface area contributed by atoms with Crippen molar-refractivity contribution in [3.8, 4) is 0 Å². The summed E-state index contributed by atoms with van der Waals surface area (Å²) in [5.74, 6) is 0.935. The van der Waals surface area contributed by atoms with E-state index in [1.807, 2.05) is 26.0 Å². The van der Waals surface area contributed by atoms with Crippen molar-refractivity contribution in [1.29, 1.82) is 0 Å². The Labute approximate surface area is 138 Å². The predicted molar refractivity (Wildman–Crippen MR) is 91.1 cm³/mol. The van der Waals surface area contributed by atoms with Crippen molar-refractivity contribution in [1.82, 2.24) is 25.1 Å². The van der Waals surface area contributed by atoms with Crippen molar-refractivity contribution in [2.75, 3.05) is 36.0 Å². The number of rotatable bonds is 2. The Hall–Kier alpha value is -2.35. The molecule has 118 valence electrons. The number of nitrogens with zero attached hydrogens (tertiary/aromatic N) is 7. The maximum atomic E-state index is 4.71. The molecule has 1 aliphatic heterocycles. The second-order valence-corrected chi connectivity index (χ2v) is 6.72. The zero-order valence-corrected chi connectivity index (χ0v) is 13.9. The van der Waals surface area contributed by atoms with Crippen molar-refractivity contribution < 1.29 is 0 Å². The van der Waals surface area contributed by atoms with Crippen molar-refractivity contribution in [3.63, 3.8) is 0 Å². The number of anilines is 2. The highest BCUT2D eigenvalue weighted by Gasteiger charge is 2.22. The van der Waals surface area contributed by atoms with Gasteiger partial charge in [-0.3, -0.25) is 0 Å². The number of piperazine rings is 1. The van der Waals surface area contributed by atoms with Crippen molar-refractivity contribution in [2.24, 2.45) is 0 Å². The third kappa shape index (κ3) is 2.70. The van der Waals surface area contributed by atoms with Crippen LogP contribution in [0.15, 0.2) is 18.3 Å². The molecule has 3 aromatic rings. The SMILES string of the molecule is Cc1nnc(N2CCN(c3nc4ncccc4nc3C)CC2)s1. The smallest absolute Gasteiger partial charge is 0.208 e. The van der Waals surface area contributed by atoms with Crippen LogP contribution in [0.5, 0.6) is 0 Å². The second-order valence-electron chi connectivity index (χ2n) is 5.56. The molecule has 1 aliphatic rings. The summed E-state index contributed by atoms with van der Waals surface area (Å²) in [5, 5.41) is 10.3. The number of hydrogen-bond acceptors (Lipinski definition) is 8. The standard InChI is InChI=1S/C15H17N7S/c1-10-14(18-13-12(17-10)4-3-5-16-13)21-6-8-22(9-7-21)15-20-19-11(2)23-15/h3-5H,6-9H2,1-2H3. The molecule has 1 saturated heterocycles. The van der Waals surface area contributed by atoms with Gasteiger partial charge in [-0.2, -0.15) is 0 Å². The van der Waals surface area contributed by atoms with Crippen LogP contribution in [0.25, 0.3) is 11.2 Å². The van der Waals surface area contributed by atoms with Crippen LogP contribution >= 0.6 is 11.3 Å². The van der Waals surface area contributed by atoms with Gasteiger partial charge < -0.3 is 9.80 Å². The number of pyridine rings is 1. The van der Waals surface area contributed by atoms with Crippen LogP contribution in [0.1, 0.15) is 10.7 Å². The van der Waals surface area contributed by atoms with E-state index in [1.54, 1.807) is 17.5 Å². The lowest BCUT2D eigenvalue weighted by Crippen LogP contribution is -2.47. The molecule has 23 heavy (non-hydrogen) atoms. The van der Waals surface area contributed by atoms with Crippen LogP contribution < -0.4 is 9.80 Å². The molecular weight excluding hydrogens is 310 g/mol. The van der Waals surface area contributed by atoms with Gasteiger partial charge in [-0.25, -0.2) is 15.0 Å². The molecule has 4 rings (SSSR count). The molecule has 0 atom stereocenters. The molecule has 7 nitrogen and oxygen atoms in total. The molecule has 0 aliphatic carbocycles. The van der Waals surface area contributed by atoms with Gasteiger partial charge in [0.15, 0.2) is 11.5 Å². The van der Waals surface area contributed by atoms with Gasteiger partial charge in [0.1, 0.15) is 10.5 Å². The summed E-state index contributed by atoms with van der Waals surface area (Å²) in [6.07, 6.45) is 1.76. The average Bonchev–Trinajstić information content (AvgIpc) is 3.01. The molecule has 4 heterocycles. The number of fused-ring (bicyclic) bond motifs is 1. The first-order valence-electron chi connectivity index (χ1n) is 7.60. The third-order valence-corrected chi connectivity index (χ3v) is 4.85. The molecule has 1 fully saturated rings. The van der Waals surface area contributed by atoms with Gasteiger partial charge in [0.05, 0.1) is 5.69 Å². The molecule has 0 amide bonds. The van der Waals surface area contributed by atoms with E-state index < -0.39 is 0 Å². The number of hydrogen-bond donors (Lipinski definition) is 0. The van der Waals surface area contributed by atoms with Gasteiger partial charge in [0.25, 0.3) is 0 Å². The van der Waals surface area contributed by atoms with E-state index in [9.17, 15) is 0 Å². The van der Waals surface area contributed by atoms with Gasteiger partial charge in [-0.05, 0) is 26.0 Å². The van der Waals surface area contributed by atoms with Crippen molar-refractivity contribution in [3.05, 3.63) is 29.0 Å². The number of aromatic nitrogens is 5. The molecule has 3 aromatic heterocycles. The Kier molecular flexibility index (Phi) is 3.53. The minimum absolute atomic E-state index is 0.704. The second kappa shape index (κ2) is 5.69. The fourth-order valence-corrected chi connectivity index (χ4v) is 3.54. The Morgan fingerprint density at radius 2 is 1.78 bits per heavy atom. The van der Waals surface area contributed by atoms with E-state index in [2.05, 4.69) is 30.0 Å².